The summed E-state index contributed by atoms with van der Waals surface area (Å²) in [5.74, 6) is -3.38. The van der Waals surface area contributed by atoms with Gasteiger partial charge in [0.15, 0.2) is 0 Å². The van der Waals surface area contributed by atoms with Gasteiger partial charge in [-0.1, -0.05) is 77.6 Å². The molecule has 0 aliphatic heterocycles. The Morgan fingerprint density at radius 2 is 1.19 bits per heavy atom. The number of carboxylic acids is 2. The van der Waals surface area contributed by atoms with Crippen molar-refractivity contribution >= 4 is 32.0 Å². The van der Waals surface area contributed by atoms with Gasteiger partial charge >= 0.3 is 11.9 Å². The molecule has 0 aromatic carbocycles. The van der Waals surface area contributed by atoms with Crippen molar-refractivity contribution < 1.29 is 32.8 Å². The molecule has 7 nitrogen and oxygen atoms in total. The van der Waals surface area contributed by atoms with Gasteiger partial charge in [0.05, 0.1) is 6.42 Å². The zero-order valence-electron chi connectivity index (χ0n) is 15.8. The van der Waals surface area contributed by atoms with E-state index in [4.69, 9.17) is 10.2 Å². The van der Waals surface area contributed by atoms with E-state index >= 15 is 0 Å². The predicted octanol–water partition coefficient (Wildman–Crippen LogP) is 3.93. The fraction of sp³-hybridized carbons (Fsp3) is 0.882. The Morgan fingerprint density at radius 1 is 0.808 bits per heavy atom. The van der Waals surface area contributed by atoms with E-state index in [9.17, 15) is 22.6 Å². The fourth-order valence-corrected chi connectivity index (χ4v) is 3.85. The number of aliphatic carboxylic acids is 2. The van der Waals surface area contributed by atoms with Crippen LogP contribution in [0.25, 0.3) is 0 Å². The van der Waals surface area contributed by atoms with Crippen LogP contribution in [0.2, 0.25) is 0 Å². The Hall–Kier alpha value is -0.720. The molecule has 0 amide bonds. The molecule has 0 aromatic rings. The molecule has 0 saturated heterocycles. The van der Waals surface area contributed by atoms with E-state index in [-0.39, 0.29) is 16.3 Å². The summed E-state index contributed by atoms with van der Waals surface area (Å²) in [6, 6.07) is 0. The molecule has 0 aromatic heterocycles. The lowest BCUT2D eigenvalue weighted by atomic mass is 9.96. The topological polar surface area (TPSA) is 129 Å². The standard InChI is InChI=1S/C17H32O7S.H3P/c1-2-3-4-5-6-7-8-9-10-11-12-13-17(16(20)21,14-15(18)19)25(22,23)24;/h2-14H2,1H3,(H,18,19)(H,20,21)(H,22,23,24);1H3. The van der Waals surface area contributed by atoms with Gasteiger partial charge in [0, 0.05) is 0 Å². The summed E-state index contributed by atoms with van der Waals surface area (Å²) in [5, 5.41) is 18.0. The lowest BCUT2D eigenvalue weighted by molar-refractivity contribution is -0.147. The van der Waals surface area contributed by atoms with E-state index in [0.717, 1.165) is 25.7 Å². The maximum atomic E-state index is 11.5. The maximum absolute atomic E-state index is 11.5. The van der Waals surface area contributed by atoms with Crippen LogP contribution < -0.4 is 0 Å². The third kappa shape index (κ3) is 10.4. The molecular formula is C17H35O7PS. The van der Waals surface area contributed by atoms with Crippen molar-refractivity contribution in [2.75, 3.05) is 0 Å². The van der Waals surface area contributed by atoms with E-state index in [1.165, 1.54) is 32.1 Å². The highest BCUT2D eigenvalue weighted by molar-refractivity contribution is 7.88. The number of carbonyl (C=O) groups is 2. The van der Waals surface area contributed by atoms with Crippen molar-refractivity contribution in [1.82, 2.24) is 0 Å². The van der Waals surface area contributed by atoms with Gasteiger partial charge in [0.2, 0.25) is 4.75 Å². The van der Waals surface area contributed by atoms with Gasteiger partial charge in [-0.15, -0.1) is 0 Å². The number of carboxylic acid groups (broad SMARTS) is 2. The van der Waals surface area contributed by atoms with Crippen molar-refractivity contribution in [1.29, 1.82) is 0 Å². The SMILES string of the molecule is CCCCCCCCCCCCCC(CC(=O)O)(C(=O)O)S(=O)(=O)O.P. The van der Waals surface area contributed by atoms with Gasteiger partial charge in [-0.2, -0.15) is 18.3 Å². The van der Waals surface area contributed by atoms with Crippen molar-refractivity contribution in [3.8, 4) is 0 Å². The molecule has 0 heterocycles. The molecule has 0 aliphatic rings. The second-order valence-electron chi connectivity index (χ2n) is 6.63. The van der Waals surface area contributed by atoms with E-state index < -0.39 is 39.6 Å². The molecular weight excluding hydrogens is 379 g/mol. The van der Waals surface area contributed by atoms with E-state index in [2.05, 4.69) is 6.92 Å². The number of rotatable bonds is 16. The lowest BCUT2D eigenvalue weighted by Gasteiger charge is -2.24. The van der Waals surface area contributed by atoms with Gasteiger partial charge < -0.3 is 10.2 Å². The molecule has 0 aliphatic carbocycles. The highest BCUT2D eigenvalue weighted by atomic mass is 32.2. The molecule has 3 N–H and O–H groups in total. The van der Waals surface area contributed by atoms with E-state index in [1.807, 2.05) is 0 Å². The third-order valence-electron chi connectivity index (χ3n) is 4.50. The van der Waals surface area contributed by atoms with Crippen LogP contribution in [-0.4, -0.2) is 39.9 Å². The minimum absolute atomic E-state index is 0. The van der Waals surface area contributed by atoms with Gasteiger partial charge in [0.25, 0.3) is 10.1 Å². The normalized spacial score (nSPS) is 13.6. The van der Waals surface area contributed by atoms with Crippen LogP contribution in [0.4, 0.5) is 0 Å². The summed E-state index contributed by atoms with van der Waals surface area (Å²) >= 11 is 0. The molecule has 2 atom stereocenters. The average Bonchev–Trinajstić information content (AvgIpc) is 2.49. The molecule has 9 heteroatoms. The monoisotopic (exact) mass is 414 g/mol. The Labute approximate surface area is 160 Å². The van der Waals surface area contributed by atoms with E-state index in [1.54, 1.807) is 0 Å². The van der Waals surface area contributed by atoms with Crippen molar-refractivity contribution in [3.63, 3.8) is 0 Å². The minimum Gasteiger partial charge on any atom is -0.481 e. The highest BCUT2D eigenvalue weighted by Gasteiger charge is 2.51. The van der Waals surface area contributed by atoms with Crippen molar-refractivity contribution in [2.45, 2.75) is 95.1 Å². The van der Waals surface area contributed by atoms with Crippen molar-refractivity contribution in [3.05, 3.63) is 0 Å². The molecule has 2 unspecified atom stereocenters. The molecule has 0 rings (SSSR count). The van der Waals surface area contributed by atoms with Crippen LogP contribution in [0.15, 0.2) is 0 Å². The van der Waals surface area contributed by atoms with Crippen LogP contribution in [0.3, 0.4) is 0 Å². The second-order valence-corrected chi connectivity index (χ2v) is 8.36. The van der Waals surface area contributed by atoms with Gasteiger partial charge in [-0.3, -0.25) is 14.1 Å². The molecule has 0 spiro atoms. The quantitative estimate of drug-likeness (QED) is 0.198. The first-order valence-corrected chi connectivity index (χ1v) is 10.5. The zero-order valence-corrected chi connectivity index (χ0v) is 18.0. The molecule has 156 valence electrons. The van der Waals surface area contributed by atoms with Crippen molar-refractivity contribution in [2.24, 2.45) is 0 Å². The molecule has 0 saturated carbocycles. The summed E-state index contributed by atoms with van der Waals surface area (Å²) in [6.07, 6.45) is 9.62. The first-order chi connectivity index (χ1) is 11.7. The predicted molar refractivity (Wildman–Crippen MR) is 106 cm³/mol. The van der Waals surface area contributed by atoms with Crippen LogP contribution >= 0.6 is 9.90 Å². The zero-order chi connectivity index (χ0) is 19.3. The van der Waals surface area contributed by atoms with Gasteiger partial charge in [0.1, 0.15) is 0 Å². The summed E-state index contributed by atoms with van der Waals surface area (Å²) in [4.78, 5) is 22.1. The smallest absolute Gasteiger partial charge is 0.328 e. The molecule has 0 fully saturated rings. The van der Waals surface area contributed by atoms with Gasteiger partial charge in [-0.25, -0.2) is 0 Å². The Morgan fingerprint density at radius 3 is 1.50 bits per heavy atom. The number of hydrogen-bond donors (Lipinski definition) is 3. The maximum Gasteiger partial charge on any atom is 0.328 e. The summed E-state index contributed by atoms with van der Waals surface area (Å²) in [7, 11) is -5.01. The van der Waals surface area contributed by atoms with Crippen LogP contribution in [0, 0.1) is 0 Å². The largest absolute Gasteiger partial charge is 0.481 e. The summed E-state index contributed by atoms with van der Waals surface area (Å²) in [6.45, 7) is 2.18. The van der Waals surface area contributed by atoms with Crippen LogP contribution in [-0.2, 0) is 19.7 Å². The van der Waals surface area contributed by atoms with Crippen LogP contribution in [0.5, 0.6) is 0 Å². The first-order valence-electron chi connectivity index (χ1n) is 9.09. The fourth-order valence-electron chi connectivity index (χ4n) is 2.92. The minimum atomic E-state index is -5.01. The Bertz CT molecular complexity index is 507. The summed E-state index contributed by atoms with van der Waals surface area (Å²) < 4.78 is 29.5. The second kappa shape index (κ2) is 14.4. The average molecular weight is 415 g/mol. The van der Waals surface area contributed by atoms with Gasteiger partial charge in [-0.05, 0) is 6.42 Å². The molecule has 0 radical (unpaired) electrons. The molecule has 0 bridgehead atoms. The third-order valence-corrected chi connectivity index (χ3v) is 6.02. The summed E-state index contributed by atoms with van der Waals surface area (Å²) in [5.41, 5.74) is 0. The Balaban J connectivity index is 0. The van der Waals surface area contributed by atoms with Crippen LogP contribution in [0.1, 0.15) is 90.4 Å². The number of hydrogen-bond acceptors (Lipinski definition) is 4. The lowest BCUT2D eigenvalue weighted by Crippen LogP contribution is -2.48. The Kier molecular flexibility index (Phi) is 15.2. The van der Waals surface area contributed by atoms with E-state index in [0.29, 0.717) is 6.42 Å². The number of unbranched alkanes of at least 4 members (excludes halogenated alkanes) is 10. The first kappa shape index (κ1) is 27.5. The highest BCUT2D eigenvalue weighted by Crippen LogP contribution is 2.29. The molecule has 26 heavy (non-hydrogen) atoms.